The smallest absolute Gasteiger partial charge is 0.250 e. The van der Waals surface area contributed by atoms with E-state index in [1.165, 1.54) is 12.1 Å². The van der Waals surface area contributed by atoms with E-state index in [-0.39, 0.29) is 34.5 Å². The summed E-state index contributed by atoms with van der Waals surface area (Å²) < 4.78 is 5.58. The fourth-order valence-electron chi connectivity index (χ4n) is 1.82. The molecule has 0 radical (unpaired) electrons. The Kier molecular flexibility index (Phi) is 4.54. The van der Waals surface area contributed by atoms with E-state index in [1.807, 2.05) is 0 Å². The highest BCUT2D eigenvalue weighted by Crippen LogP contribution is 2.31. The number of hydrazine groups is 1. The first-order valence-corrected chi connectivity index (χ1v) is 6.54. The number of rotatable bonds is 5. The van der Waals surface area contributed by atoms with Crippen LogP contribution in [0.3, 0.4) is 0 Å². The van der Waals surface area contributed by atoms with Gasteiger partial charge in [-0.1, -0.05) is 23.7 Å². The first-order valence-electron chi connectivity index (χ1n) is 6.16. The molecule has 8 nitrogen and oxygen atoms in total. The molecule has 0 unspecified atom stereocenters. The first-order chi connectivity index (χ1) is 10.4. The molecule has 9 heteroatoms. The summed E-state index contributed by atoms with van der Waals surface area (Å²) in [6.07, 6.45) is 0. The summed E-state index contributed by atoms with van der Waals surface area (Å²) in [7, 11) is 0. The zero-order valence-electron chi connectivity index (χ0n) is 11.5. The average molecular weight is 323 g/mol. The van der Waals surface area contributed by atoms with E-state index in [9.17, 15) is 4.79 Å². The Morgan fingerprint density at radius 1 is 1.36 bits per heavy atom. The highest BCUT2D eigenvalue weighted by Gasteiger charge is 2.13. The van der Waals surface area contributed by atoms with Crippen LogP contribution in [-0.2, 0) is 6.61 Å². The fourth-order valence-corrected chi connectivity index (χ4v) is 2.09. The number of ether oxygens (including phenoxy) is 1. The van der Waals surface area contributed by atoms with Crippen molar-refractivity contribution in [2.45, 2.75) is 6.61 Å². The number of amides is 1. The number of anilines is 3. The SMILES string of the molecule is NNc1nc(N)cc(OCc2cccc(C(N)=O)c2Cl)c1N. The van der Waals surface area contributed by atoms with E-state index in [4.69, 9.17) is 39.4 Å². The zero-order valence-corrected chi connectivity index (χ0v) is 12.2. The number of pyridine rings is 1. The van der Waals surface area contributed by atoms with Gasteiger partial charge in [0.15, 0.2) is 5.82 Å². The monoisotopic (exact) mass is 322 g/mol. The molecule has 0 saturated heterocycles. The van der Waals surface area contributed by atoms with Crippen molar-refractivity contribution in [1.82, 2.24) is 4.98 Å². The topological polar surface area (TPSA) is 155 Å². The number of carbonyl (C=O) groups is 1. The summed E-state index contributed by atoms with van der Waals surface area (Å²) >= 11 is 6.12. The van der Waals surface area contributed by atoms with Gasteiger partial charge < -0.3 is 27.4 Å². The summed E-state index contributed by atoms with van der Waals surface area (Å²) in [4.78, 5) is 15.2. The first kappa shape index (κ1) is 15.7. The molecule has 0 aliphatic rings. The number of hydrogen-bond donors (Lipinski definition) is 5. The summed E-state index contributed by atoms with van der Waals surface area (Å²) in [5.41, 5.74) is 20.1. The van der Waals surface area contributed by atoms with Crippen LogP contribution in [0.4, 0.5) is 17.3 Å². The van der Waals surface area contributed by atoms with Crippen molar-refractivity contribution < 1.29 is 9.53 Å². The quantitative estimate of drug-likeness (QED) is 0.403. The molecule has 1 aromatic carbocycles. The van der Waals surface area contributed by atoms with Crippen molar-refractivity contribution in [3.63, 3.8) is 0 Å². The van der Waals surface area contributed by atoms with Gasteiger partial charge in [0.2, 0.25) is 5.91 Å². The standard InChI is InChI=1S/C13H15ClN6O2/c14-10-6(2-1-3-7(10)12(17)21)5-22-8-4-9(15)19-13(20-18)11(8)16/h1-4H,5,16,18H2,(H2,17,21)(H3,15,19,20). The van der Waals surface area contributed by atoms with Crippen LogP contribution in [-0.4, -0.2) is 10.9 Å². The lowest BCUT2D eigenvalue weighted by molar-refractivity contribution is 0.100. The molecule has 0 aliphatic heterocycles. The van der Waals surface area contributed by atoms with Gasteiger partial charge >= 0.3 is 0 Å². The Balaban J connectivity index is 2.26. The number of benzene rings is 1. The van der Waals surface area contributed by atoms with Crippen molar-refractivity contribution in [2.75, 3.05) is 16.9 Å². The summed E-state index contributed by atoms with van der Waals surface area (Å²) in [6.45, 7) is 0.0671. The lowest BCUT2D eigenvalue weighted by atomic mass is 10.1. The van der Waals surface area contributed by atoms with Crippen LogP contribution in [0.5, 0.6) is 5.75 Å². The van der Waals surface area contributed by atoms with Crippen molar-refractivity contribution in [2.24, 2.45) is 11.6 Å². The van der Waals surface area contributed by atoms with Gasteiger partial charge in [0, 0.05) is 11.6 Å². The molecule has 0 bridgehead atoms. The minimum Gasteiger partial charge on any atom is -0.486 e. The highest BCUT2D eigenvalue weighted by molar-refractivity contribution is 6.34. The number of hydrogen-bond acceptors (Lipinski definition) is 7. The lowest BCUT2D eigenvalue weighted by Crippen LogP contribution is -2.14. The molecular weight excluding hydrogens is 308 g/mol. The molecule has 9 N–H and O–H groups in total. The van der Waals surface area contributed by atoms with Gasteiger partial charge in [-0.3, -0.25) is 4.79 Å². The Hall–Kier alpha value is -2.71. The summed E-state index contributed by atoms with van der Waals surface area (Å²) in [5, 5.41) is 0.229. The zero-order chi connectivity index (χ0) is 16.3. The molecular formula is C13H15ClN6O2. The predicted molar refractivity (Wildman–Crippen MR) is 85.2 cm³/mol. The average Bonchev–Trinajstić information content (AvgIpc) is 2.48. The van der Waals surface area contributed by atoms with Gasteiger partial charge in [-0.25, -0.2) is 10.8 Å². The molecule has 0 atom stereocenters. The molecule has 2 rings (SSSR count). The largest absolute Gasteiger partial charge is 0.486 e. The number of nitrogens with two attached hydrogens (primary N) is 4. The van der Waals surface area contributed by atoms with E-state index in [2.05, 4.69) is 10.4 Å². The minimum atomic E-state index is -0.617. The molecule has 2 aromatic rings. The fraction of sp³-hybridized carbons (Fsp3) is 0.0769. The molecule has 0 saturated carbocycles. The molecule has 1 heterocycles. The number of nitrogens with zero attached hydrogens (tertiary/aromatic N) is 1. The van der Waals surface area contributed by atoms with E-state index in [0.717, 1.165) is 0 Å². The Bertz CT molecular complexity index is 722. The molecule has 0 fully saturated rings. The molecule has 1 aromatic heterocycles. The van der Waals surface area contributed by atoms with E-state index in [1.54, 1.807) is 12.1 Å². The second kappa shape index (κ2) is 6.37. The third-order valence-corrected chi connectivity index (χ3v) is 3.35. The molecule has 116 valence electrons. The van der Waals surface area contributed by atoms with Gasteiger partial charge in [0.05, 0.1) is 10.6 Å². The van der Waals surface area contributed by atoms with Crippen LogP contribution in [0.2, 0.25) is 5.02 Å². The second-order valence-electron chi connectivity index (χ2n) is 4.38. The van der Waals surface area contributed by atoms with E-state index < -0.39 is 5.91 Å². The van der Waals surface area contributed by atoms with Crippen molar-refractivity contribution in [1.29, 1.82) is 0 Å². The van der Waals surface area contributed by atoms with Crippen LogP contribution in [0.15, 0.2) is 24.3 Å². The predicted octanol–water partition coefficient (Wildman–Crippen LogP) is 0.863. The van der Waals surface area contributed by atoms with Crippen LogP contribution >= 0.6 is 11.6 Å². The molecule has 0 spiro atoms. The van der Waals surface area contributed by atoms with Crippen LogP contribution < -0.4 is 33.2 Å². The minimum absolute atomic E-state index is 0.0671. The third kappa shape index (κ3) is 3.13. The van der Waals surface area contributed by atoms with Gasteiger partial charge in [-0.2, -0.15) is 0 Å². The van der Waals surface area contributed by atoms with Crippen molar-refractivity contribution >= 4 is 34.8 Å². The number of halogens is 1. The van der Waals surface area contributed by atoms with Gasteiger partial charge in [0.25, 0.3) is 0 Å². The second-order valence-corrected chi connectivity index (χ2v) is 4.76. The third-order valence-electron chi connectivity index (χ3n) is 2.90. The van der Waals surface area contributed by atoms with Crippen molar-refractivity contribution in [3.05, 3.63) is 40.4 Å². The Labute approximate surface area is 131 Å². The van der Waals surface area contributed by atoms with Crippen molar-refractivity contribution in [3.8, 4) is 5.75 Å². The lowest BCUT2D eigenvalue weighted by Gasteiger charge is -2.13. The maximum Gasteiger partial charge on any atom is 0.250 e. The Morgan fingerprint density at radius 2 is 2.09 bits per heavy atom. The highest BCUT2D eigenvalue weighted by atomic mass is 35.5. The van der Waals surface area contributed by atoms with Crippen LogP contribution in [0, 0.1) is 0 Å². The van der Waals surface area contributed by atoms with E-state index >= 15 is 0 Å². The van der Waals surface area contributed by atoms with Crippen LogP contribution in [0.1, 0.15) is 15.9 Å². The van der Waals surface area contributed by atoms with Gasteiger partial charge in [-0.05, 0) is 6.07 Å². The van der Waals surface area contributed by atoms with E-state index in [0.29, 0.717) is 11.3 Å². The summed E-state index contributed by atoms with van der Waals surface area (Å²) in [5.74, 6) is 5.36. The number of aromatic nitrogens is 1. The Morgan fingerprint density at radius 3 is 2.73 bits per heavy atom. The molecule has 1 amide bonds. The molecule has 22 heavy (non-hydrogen) atoms. The maximum absolute atomic E-state index is 11.3. The number of nitrogens with one attached hydrogen (secondary N) is 1. The van der Waals surface area contributed by atoms with Gasteiger partial charge in [0.1, 0.15) is 23.9 Å². The van der Waals surface area contributed by atoms with Crippen LogP contribution in [0.25, 0.3) is 0 Å². The molecule has 0 aliphatic carbocycles. The maximum atomic E-state index is 11.3. The summed E-state index contributed by atoms with van der Waals surface area (Å²) in [6, 6.07) is 6.35. The number of primary amides is 1. The number of nitrogen functional groups attached to an aromatic ring is 3. The normalized spacial score (nSPS) is 10.3. The van der Waals surface area contributed by atoms with Gasteiger partial charge in [-0.15, -0.1) is 0 Å². The number of carbonyl (C=O) groups excluding carboxylic acids is 1.